The fourth-order valence-electron chi connectivity index (χ4n) is 2.35. The Kier molecular flexibility index (Phi) is 8.31. The van der Waals surface area contributed by atoms with Gasteiger partial charge in [0.25, 0.3) is 0 Å². The minimum absolute atomic E-state index is 0.715. The summed E-state index contributed by atoms with van der Waals surface area (Å²) in [6.45, 7) is 17.3. The highest BCUT2D eigenvalue weighted by Crippen LogP contribution is 2.16. The van der Waals surface area contributed by atoms with Gasteiger partial charge >= 0.3 is 0 Å². The van der Waals surface area contributed by atoms with E-state index in [0.717, 1.165) is 41.2 Å². The predicted molar refractivity (Wildman–Crippen MR) is 102 cm³/mol. The lowest BCUT2D eigenvalue weighted by Gasteiger charge is -2.09. The number of rotatable bonds is 10. The molecule has 1 aromatic heterocycles. The molecule has 1 heterocycles. The van der Waals surface area contributed by atoms with Crippen LogP contribution in [0.2, 0.25) is 0 Å². The molecule has 0 saturated heterocycles. The first-order valence-electron chi connectivity index (χ1n) is 8.51. The highest BCUT2D eigenvalue weighted by atomic mass is 15.3. The molecule has 3 heteroatoms. The predicted octanol–water partition coefficient (Wildman–Crippen LogP) is 5.66. The monoisotopic (exact) mass is 313 g/mol. The Labute approximate surface area is 141 Å². The lowest BCUT2D eigenvalue weighted by Crippen LogP contribution is -2.02. The minimum atomic E-state index is 0.715. The topological polar surface area (TPSA) is 30.2 Å². The van der Waals surface area contributed by atoms with Crippen LogP contribution in [0.5, 0.6) is 0 Å². The minimum Gasteiger partial charge on any atom is -0.268 e. The number of aliphatic imine (C=N–C) groups is 1. The summed E-state index contributed by atoms with van der Waals surface area (Å²) in [6, 6.07) is 0. The molecule has 0 aliphatic rings. The van der Waals surface area contributed by atoms with Gasteiger partial charge in [-0.15, -0.1) is 0 Å². The van der Waals surface area contributed by atoms with Crippen LogP contribution in [0.25, 0.3) is 5.57 Å². The second-order valence-corrected chi connectivity index (χ2v) is 6.33. The summed E-state index contributed by atoms with van der Waals surface area (Å²) in [5.74, 6) is 0.748. The molecule has 1 aromatic rings. The summed E-state index contributed by atoms with van der Waals surface area (Å²) in [4.78, 5) is 4.52. The van der Waals surface area contributed by atoms with E-state index in [1.807, 2.05) is 37.1 Å². The van der Waals surface area contributed by atoms with Crippen molar-refractivity contribution in [3.05, 3.63) is 48.5 Å². The van der Waals surface area contributed by atoms with E-state index in [1.165, 1.54) is 12.8 Å². The molecule has 126 valence electrons. The molecule has 0 radical (unpaired) electrons. The average Bonchev–Trinajstić information content (AvgIpc) is 2.98. The van der Waals surface area contributed by atoms with Crippen molar-refractivity contribution in [2.24, 2.45) is 10.9 Å². The van der Waals surface area contributed by atoms with Crippen LogP contribution >= 0.6 is 0 Å². The molecule has 1 atom stereocenters. The Bertz CT molecular complexity index is 575. The first kappa shape index (κ1) is 19.1. The van der Waals surface area contributed by atoms with Crippen molar-refractivity contribution in [2.75, 3.05) is 0 Å². The Hall–Kier alpha value is -1.90. The van der Waals surface area contributed by atoms with Crippen LogP contribution < -0.4 is 0 Å². The molecule has 0 spiro atoms. The first-order valence-corrected chi connectivity index (χ1v) is 8.51. The van der Waals surface area contributed by atoms with Gasteiger partial charge in [-0.2, -0.15) is 5.10 Å². The molecule has 0 bridgehead atoms. The van der Waals surface area contributed by atoms with Crippen LogP contribution in [0, 0.1) is 5.92 Å². The third kappa shape index (κ3) is 7.27. The highest BCUT2D eigenvalue weighted by Gasteiger charge is 2.03. The SMILES string of the molecule is C=C(CCC(C)CCC)/N=C\C(=C/C)Cn1cc(C(=C)C)cn1. The van der Waals surface area contributed by atoms with E-state index < -0.39 is 0 Å². The van der Waals surface area contributed by atoms with Gasteiger partial charge in [-0.25, -0.2) is 0 Å². The standard InChI is InChI=1S/C20H31N3/c1-7-9-17(5)10-11-18(6)21-12-19(8-2)14-23-15-20(13-22-23)16(3)4/h8,12-13,15,17H,3,6-7,9-11,14H2,1-2,4-5H3/b19-8+,21-12-. The van der Waals surface area contributed by atoms with Gasteiger partial charge in [0.05, 0.1) is 12.7 Å². The lowest BCUT2D eigenvalue weighted by atomic mass is 10.00. The Morgan fingerprint density at radius 3 is 2.70 bits per heavy atom. The molecule has 0 fully saturated rings. The number of allylic oxidation sites excluding steroid dienone is 4. The highest BCUT2D eigenvalue weighted by molar-refractivity contribution is 5.79. The average molecular weight is 313 g/mol. The van der Waals surface area contributed by atoms with E-state index in [4.69, 9.17) is 0 Å². The zero-order valence-corrected chi connectivity index (χ0v) is 15.2. The fraction of sp³-hybridized carbons (Fsp3) is 0.500. The zero-order chi connectivity index (χ0) is 17.2. The number of hydrogen-bond acceptors (Lipinski definition) is 2. The Morgan fingerprint density at radius 1 is 1.39 bits per heavy atom. The molecule has 0 saturated carbocycles. The van der Waals surface area contributed by atoms with Crippen molar-refractivity contribution in [3.8, 4) is 0 Å². The third-order valence-corrected chi connectivity index (χ3v) is 3.96. The van der Waals surface area contributed by atoms with Crippen molar-refractivity contribution < 1.29 is 0 Å². The van der Waals surface area contributed by atoms with Gasteiger partial charge < -0.3 is 0 Å². The van der Waals surface area contributed by atoms with E-state index in [1.54, 1.807) is 0 Å². The van der Waals surface area contributed by atoms with Crippen molar-refractivity contribution in [1.29, 1.82) is 0 Å². The first-order chi connectivity index (χ1) is 11.0. The molecule has 23 heavy (non-hydrogen) atoms. The van der Waals surface area contributed by atoms with E-state index in [-0.39, 0.29) is 0 Å². The van der Waals surface area contributed by atoms with E-state index in [9.17, 15) is 0 Å². The number of hydrogen-bond donors (Lipinski definition) is 0. The molecular formula is C20H31N3. The normalized spacial score (nSPS) is 13.5. The van der Waals surface area contributed by atoms with Crippen LogP contribution in [0.4, 0.5) is 0 Å². The van der Waals surface area contributed by atoms with Crippen LogP contribution in [0.15, 0.2) is 47.9 Å². The van der Waals surface area contributed by atoms with Crippen LogP contribution in [0.1, 0.15) is 58.9 Å². The summed E-state index contributed by atoms with van der Waals surface area (Å²) in [5, 5.41) is 4.36. The molecule has 0 amide bonds. The summed E-state index contributed by atoms with van der Waals surface area (Å²) in [7, 11) is 0. The summed E-state index contributed by atoms with van der Waals surface area (Å²) >= 11 is 0. The maximum absolute atomic E-state index is 4.52. The molecule has 0 aromatic carbocycles. The maximum Gasteiger partial charge on any atom is 0.0671 e. The maximum atomic E-state index is 4.52. The molecule has 1 rings (SSSR count). The van der Waals surface area contributed by atoms with Gasteiger partial charge in [-0.3, -0.25) is 9.67 Å². The quantitative estimate of drug-likeness (QED) is 0.512. The van der Waals surface area contributed by atoms with Gasteiger partial charge in [0.2, 0.25) is 0 Å². The molecular weight excluding hydrogens is 282 g/mol. The fourth-order valence-corrected chi connectivity index (χ4v) is 2.35. The van der Waals surface area contributed by atoms with Crippen LogP contribution in [-0.4, -0.2) is 16.0 Å². The van der Waals surface area contributed by atoms with Crippen LogP contribution in [0.3, 0.4) is 0 Å². The van der Waals surface area contributed by atoms with Gasteiger partial charge in [-0.1, -0.05) is 45.9 Å². The molecule has 3 nitrogen and oxygen atoms in total. The van der Waals surface area contributed by atoms with Gasteiger partial charge in [-0.05, 0) is 43.8 Å². The molecule has 0 N–H and O–H groups in total. The van der Waals surface area contributed by atoms with Crippen LogP contribution in [-0.2, 0) is 6.54 Å². The molecule has 1 unspecified atom stereocenters. The Balaban J connectivity index is 2.51. The Morgan fingerprint density at radius 2 is 2.13 bits per heavy atom. The summed E-state index contributed by atoms with van der Waals surface area (Å²) in [5.41, 5.74) is 4.19. The summed E-state index contributed by atoms with van der Waals surface area (Å²) in [6.07, 6.45) is 12.5. The van der Waals surface area contributed by atoms with Gasteiger partial charge in [0.1, 0.15) is 0 Å². The van der Waals surface area contributed by atoms with Crippen molar-refractivity contribution in [1.82, 2.24) is 9.78 Å². The van der Waals surface area contributed by atoms with Crippen molar-refractivity contribution in [2.45, 2.75) is 59.9 Å². The second-order valence-electron chi connectivity index (χ2n) is 6.33. The summed E-state index contributed by atoms with van der Waals surface area (Å²) < 4.78 is 1.91. The van der Waals surface area contributed by atoms with E-state index in [2.05, 4.69) is 43.2 Å². The number of aromatic nitrogens is 2. The van der Waals surface area contributed by atoms with E-state index >= 15 is 0 Å². The zero-order valence-electron chi connectivity index (χ0n) is 15.2. The third-order valence-electron chi connectivity index (χ3n) is 3.96. The smallest absolute Gasteiger partial charge is 0.0671 e. The molecule has 0 aliphatic carbocycles. The number of nitrogens with zero attached hydrogens (tertiary/aromatic N) is 3. The lowest BCUT2D eigenvalue weighted by molar-refractivity contribution is 0.485. The van der Waals surface area contributed by atoms with E-state index in [0.29, 0.717) is 6.54 Å². The van der Waals surface area contributed by atoms with Crippen molar-refractivity contribution in [3.63, 3.8) is 0 Å². The largest absolute Gasteiger partial charge is 0.268 e. The van der Waals surface area contributed by atoms with Gasteiger partial charge in [0, 0.05) is 23.7 Å². The van der Waals surface area contributed by atoms with Gasteiger partial charge in [0.15, 0.2) is 0 Å². The second kappa shape index (κ2) is 9.98. The van der Waals surface area contributed by atoms with Crippen molar-refractivity contribution >= 4 is 11.8 Å². The molecule has 0 aliphatic heterocycles.